The number of allylic oxidation sites excluding steroid dienone is 2. The molecule has 2 aromatic rings. The lowest BCUT2D eigenvalue weighted by molar-refractivity contribution is -0.130. The molecule has 0 saturated heterocycles. The molecule has 0 bridgehead atoms. The van der Waals surface area contributed by atoms with E-state index in [1.165, 1.54) is 10.4 Å². The molecule has 3 nitrogen and oxygen atoms in total. The Morgan fingerprint density at radius 3 is 2.00 bits per heavy atom. The summed E-state index contributed by atoms with van der Waals surface area (Å²) in [6, 6.07) is 21.1. The molecule has 1 aliphatic rings. The van der Waals surface area contributed by atoms with Gasteiger partial charge in [-0.1, -0.05) is 110 Å². The summed E-state index contributed by atoms with van der Waals surface area (Å²) < 4.78 is 13.2. The molecule has 0 aliphatic carbocycles. The fourth-order valence-electron chi connectivity index (χ4n) is 4.57. The van der Waals surface area contributed by atoms with Crippen LogP contribution in [-0.2, 0) is 14.0 Å². The number of benzene rings is 2. The number of ether oxygens (including phenoxy) is 1. The van der Waals surface area contributed by atoms with Gasteiger partial charge in [-0.05, 0) is 29.3 Å². The fraction of sp³-hybridized carbons (Fsp3) is 0.370. The van der Waals surface area contributed by atoms with Crippen molar-refractivity contribution < 1.29 is 14.0 Å². The van der Waals surface area contributed by atoms with Crippen LogP contribution in [0.1, 0.15) is 41.0 Å². The molecule has 0 radical (unpaired) electrons. The molecule has 32 heavy (non-hydrogen) atoms. The normalized spacial score (nSPS) is 20.3. The Balaban J connectivity index is 2.12. The van der Waals surface area contributed by atoms with E-state index in [0.717, 1.165) is 5.33 Å². The summed E-state index contributed by atoms with van der Waals surface area (Å²) in [7, 11) is -2.76. The zero-order valence-corrected chi connectivity index (χ0v) is 22.2. The quantitative estimate of drug-likeness (QED) is 0.264. The summed E-state index contributed by atoms with van der Waals surface area (Å²) in [6.07, 6.45) is 5.88. The lowest BCUT2D eigenvalue weighted by atomic mass is 9.94. The molecule has 0 spiro atoms. The lowest BCUT2D eigenvalue weighted by Gasteiger charge is -2.45. The predicted molar refractivity (Wildman–Crippen MR) is 138 cm³/mol. The smallest absolute Gasteiger partial charge is 0.261 e. The van der Waals surface area contributed by atoms with Gasteiger partial charge in [-0.25, -0.2) is 0 Å². The fourth-order valence-corrected chi connectivity index (χ4v) is 9.42. The number of carbonyl (C=O) groups is 1. The van der Waals surface area contributed by atoms with Crippen LogP contribution in [0.2, 0.25) is 5.04 Å². The van der Waals surface area contributed by atoms with Gasteiger partial charge in [-0.15, -0.1) is 0 Å². The highest BCUT2D eigenvalue weighted by Gasteiger charge is 2.52. The van der Waals surface area contributed by atoms with Gasteiger partial charge in [-0.3, -0.25) is 4.79 Å². The third-order valence-electron chi connectivity index (χ3n) is 6.02. The first-order valence-electron chi connectivity index (χ1n) is 11.1. The Bertz CT molecular complexity index is 939. The second-order valence-electron chi connectivity index (χ2n) is 9.56. The number of hydrogen-bond acceptors (Lipinski definition) is 3. The van der Waals surface area contributed by atoms with Crippen molar-refractivity contribution >= 4 is 40.4 Å². The molecule has 2 aromatic carbocycles. The van der Waals surface area contributed by atoms with Crippen molar-refractivity contribution in [1.82, 2.24) is 0 Å². The van der Waals surface area contributed by atoms with Gasteiger partial charge in [0.2, 0.25) is 5.78 Å². The summed E-state index contributed by atoms with van der Waals surface area (Å²) in [6.45, 7) is 10.5. The lowest BCUT2D eigenvalue weighted by Crippen LogP contribution is -2.68. The average molecular weight is 514 g/mol. The summed E-state index contributed by atoms with van der Waals surface area (Å²) in [5.41, 5.74) is -0.920. The number of carbonyl (C=O) groups excluding carboxylic acids is 1. The van der Waals surface area contributed by atoms with Crippen LogP contribution >= 0.6 is 15.9 Å². The predicted octanol–water partition coefficient (Wildman–Crippen LogP) is 5.53. The van der Waals surface area contributed by atoms with Crippen LogP contribution in [0.25, 0.3) is 0 Å². The van der Waals surface area contributed by atoms with E-state index in [-0.39, 0.29) is 16.9 Å². The van der Waals surface area contributed by atoms with E-state index >= 15 is 0 Å². The van der Waals surface area contributed by atoms with Gasteiger partial charge < -0.3 is 9.16 Å². The maximum Gasteiger partial charge on any atom is 0.261 e. The Labute approximate surface area is 201 Å². The van der Waals surface area contributed by atoms with Gasteiger partial charge in [0, 0.05) is 17.8 Å². The Kier molecular flexibility index (Phi) is 7.64. The first-order chi connectivity index (χ1) is 15.1. The highest BCUT2D eigenvalue weighted by molar-refractivity contribution is 9.09. The van der Waals surface area contributed by atoms with Crippen molar-refractivity contribution in [2.45, 2.75) is 57.8 Å². The zero-order valence-electron chi connectivity index (χ0n) is 19.6. The SMILES string of the molecule is CC1=CC(=O)C(C)(CC(/C=C\CBr)O[Si](c2ccccc2)(c2ccccc2)C(C)(C)C)O1. The van der Waals surface area contributed by atoms with Gasteiger partial charge in [0.15, 0.2) is 5.60 Å². The van der Waals surface area contributed by atoms with Crippen LogP contribution in [0, 0.1) is 0 Å². The topological polar surface area (TPSA) is 35.5 Å². The Morgan fingerprint density at radius 2 is 1.59 bits per heavy atom. The number of alkyl halides is 1. The minimum absolute atomic E-state index is 0.00158. The number of halogens is 1. The molecule has 0 N–H and O–H groups in total. The van der Waals surface area contributed by atoms with E-state index in [1.54, 1.807) is 6.08 Å². The minimum Gasteiger partial charge on any atom is -0.484 e. The molecule has 170 valence electrons. The van der Waals surface area contributed by atoms with E-state index in [4.69, 9.17) is 9.16 Å². The summed E-state index contributed by atoms with van der Waals surface area (Å²) in [5, 5.41) is 3.01. The molecule has 2 atom stereocenters. The molecular formula is C27H33BrO3Si. The van der Waals surface area contributed by atoms with Crippen molar-refractivity contribution in [3.05, 3.63) is 84.7 Å². The van der Waals surface area contributed by atoms with Crippen LogP contribution in [0.4, 0.5) is 0 Å². The first-order valence-corrected chi connectivity index (χ1v) is 14.1. The van der Waals surface area contributed by atoms with Gasteiger partial charge in [-0.2, -0.15) is 0 Å². The molecule has 5 heteroatoms. The highest BCUT2D eigenvalue weighted by Crippen LogP contribution is 2.39. The van der Waals surface area contributed by atoms with E-state index in [9.17, 15) is 4.79 Å². The van der Waals surface area contributed by atoms with Gasteiger partial charge in [0.25, 0.3) is 8.32 Å². The van der Waals surface area contributed by atoms with E-state index in [1.807, 2.05) is 32.1 Å². The second-order valence-corrected chi connectivity index (χ2v) is 14.5. The minimum atomic E-state index is -2.76. The Hall–Kier alpha value is -1.95. The van der Waals surface area contributed by atoms with E-state index < -0.39 is 13.9 Å². The van der Waals surface area contributed by atoms with Gasteiger partial charge in [0.1, 0.15) is 0 Å². The van der Waals surface area contributed by atoms with Gasteiger partial charge in [0.05, 0.1) is 11.9 Å². The maximum atomic E-state index is 12.7. The monoisotopic (exact) mass is 512 g/mol. The van der Waals surface area contributed by atoms with Gasteiger partial charge >= 0.3 is 0 Å². The van der Waals surface area contributed by atoms with E-state index in [2.05, 4.69) is 91.3 Å². The van der Waals surface area contributed by atoms with Crippen molar-refractivity contribution in [3.8, 4) is 0 Å². The largest absolute Gasteiger partial charge is 0.484 e. The number of rotatable bonds is 8. The number of ketones is 1. The summed E-state index contributed by atoms with van der Waals surface area (Å²) in [5.74, 6) is 0.657. The molecule has 3 rings (SSSR count). The third kappa shape index (κ3) is 5.00. The number of hydrogen-bond donors (Lipinski definition) is 0. The molecule has 0 amide bonds. The molecule has 0 fully saturated rings. The first kappa shape index (κ1) is 24.7. The van der Waals surface area contributed by atoms with Crippen LogP contribution in [0.5, 0.6) is 0 Å². The van der Waals surface area contributed by atoms with Crippen molar-refractivity contribution in [3.63, 3.8) is 0 Å². The molecule has 1 aliphatic heterocycles. The van der Waals surface area contributed by atoms with Crippen molar-refractivity contribution in [1.29, 1.82) is 0 Å². The van der Waals surface area contributed by atoms with Crippen LogP contribution in [0.3, 0.4) is 0 Å². The summed E-state index contributed by atoms with van der Waals surface area (Å²) in [4.78, 5) is 12.7. The molecule has 2 unspecified atom stereocenters. The van der Waals surface area contributed by atoms with Crippen LogP contribution < -0.4 is 10.4 Å². The standard InChI is InChI=1S/C27H33BrO3Si/c1-21-19-25(29)27(5,30-21)20-22(13-12-18-28)31-32(26(2,3)4,23-14-8-6-9-15-23)24-16-10-7-11-17-24/h6-17,19,22H,18,20H2,1-5H3/b13-12-. The molecule has 0 saturated carbocycles. The van der Waals surface area contributed by atoms with Crippen LogP contribution in [-0.4, -0.2) is 31.1 Å². The summed E-state index contributed by atoms with van der Waals surface area (Å²) >= 11 is 3.49. The second kappa shape index (κ2) is 9.90. The highest BCUT2D eigenvalue weighted by atomic mass is 79.9. The van der Waals surface area contributed by atoms with Crippen molar-refractivity contribution in [2.24, 2.45) is 0 Å². The third-order valence-corrected chi connectivity index (χ3v) is 11.5. The molecular weight excluding hydrogens is 480 g/mol. The van der Waals surface area contributed by atoms with E-state index in [0.29, 0.717) is 12.2 Å². The average Bonchev–Trinajstić information content (AvgIpc) is 3.01. The van der Waals surface area contributed by atoms with Crippen molar-refractivity contribution in [2.75, 3.05) is 5.33 Å². The Morgan fingerprint density at radius 1 is 1.06 bits per heavy atom. The molecule has 1 heterocycles. The zero-order chi connectivity index (χ0) is 23.4. The molecule has 0 aromatic heterocycles. The van der Waals surface area contributed by atoms with Crippen LogP contribution in [0.15, 0.2) is 84.7 Å². The maximum absolute atomic E-state index is 12.7.